The molecule has 0 aliphatic carbocycles. The molecule has 1 atom stereocenters. The topological polar surface area (TPSA) is 74.5 Å². The molecule has 1 unspecified atom stereocenters. The van der Waals surface area contributed by atoms with Gasteiger partial charge in [-0.1, -0.05) is 64.4 Å². The number of halogens is 1. The van der Waals surface area contributed by atoms with Crippen molar-refractivity contribution in [3.8, 4) is 11.4 Å². The van der Waals surface area contributed by atoms with Crippen molar-refractivity contribution in [2.45, 2.75) is 52.2 Å². The summed E-state index contributed by atoms with van der Waals surface area (Å²) >= 11 is 3.48. The fraction of sp³-hybridized carbons (Fsp3) is 0.483. The van der Waals surface area contributed by atoms with Crippen molar-refractivity contribution >= 4 is 21.8 Å². The molecule has 1 aromatic heterocycles. The minimum atomic E-state index is 0.0523. The highest BCUT2D eigenvalue weighted by molar-refractivity contribution is 9.10. The van der Waals surface area contributed by atoms with Gasteiger partial charge in [-0.15, -0.1) is 0 Å². The fourth-order valence-corrected chi connectivity index (χ4v) is 5.79. The third-order valence-corrected chi connectivity index (χ3v) is 8.00. The molecule has 1 N–H and O–H groups in total. The Morgan fingerprint density at radius 2 is 1.81 bits per heavy atom. The van der Waals surface area contributed by atoms with E-state index in [1.807, 2.05) is 24.3 Å². The van der Waals surface area contributed by atoms with Gasteiger partial charge in [-0.05, 0) is 74.5 Å². The average molecular weight is 567 g/mol. The van der Waals surface area contributed by atoms with Gasteiger partial charge in [0.2, 0.25) is 17.6 Å². The minimum absolute atomic E-state index is 0.0523. The molecule has 37 heavy (non-hydrogen) atoms. The Morgan fingerprint density at radius 3 is 2.57 bits per heavy atom. The molecule has 196 valence electrons. The second-order valence-electron chi connectivity index (χ2n) is 10.6. The lowest BCUT2D eigenvalue weighted by molar-refractivity contribution is -0.126. The largest absolute Gasteiger partial charge is 0.352 e. The van der Waals surface area contributed by atoms with Gasteiger partial charge in [-0.25, -0.2) is 0 Å². The van der Waals surface area contributed by atoms with Crippen molar-refractivity contribution in [2.75, 3.05) is 26.2 Å². The molecule has 7 nitrogen and oxygen atoms in total. The maximum absolute atomic E-state index is 12.8. The molecule has 1 amide bonds. The number of benzene rings is 2. The second kappa shape index (κ2) is 12.3. The van der Waals surface area contributed by atoms with Crippen LogP contribution in [0.15, 0.2) is 57.5 Å². The molecule has 0 saturated carbocycles. The molecule has 0 spiro atoms. The number of likely N-dealkylation sites (tertiary alicyclic amines) is 2. The van der Waals surface area contributed by atoms with Gasteiger partial charge in [-0.3, -0.25) is 14.6 Å². The van der Waals surface area contributed by atoms with Crippen molar-refractivity contribution in [3.63, 3.8) is 0 Å². The number of hydrogen-bond acceptors (Lipinski definition) is 6. The van der Waals surface area contributed by atoms with E-state index in [0.717, 1.165) is 54.0 Å². The number of nitrogens with zero attached hydrogens (tertiary/aromatic N) is 4. The number of carbonyl (C=O) groups excluding carboxylic acids is 1. The average Bonchev–Trinajstić information content (AvgIpc) is 3.37. The number of aromatic nitrogens is 2. The van der Waals surface area contributed by atoms with E-state index in [2.05, 4.69) is 72.4 Å². The van der Waals surface area contributed by atoms with Gasteiger partial charge < -0.3 is 9.84 Å². The lowest BCUT2D eigenvalue weighted by atomic mass is 9.96. The third-order valence-electron chi connectivity index (χ3n) is 7.51. The number of amides is 1. The van der Waals surface area contributed by atoms with Gasteiger partial charge in [0.25, 0.3) is 0 Å². The highest BCUT2D eigenvalue weighted by atomic mass is 79.9. The Hall–Kier alpha value is -2.55. The Morgan fingerprint density at radius 1 is 1.03 bits per heavy atom. The summed E-state index contributed by atoms with van der Waals surface area (Å²) in [4.78, 5) is 22.2. The molecule has 0 radical (unpaired) electrons. The van der Waals surface area contributed by atoms with Crippen LogP contribution in [0.3, 0.4) is 0 Å². The molecule has 2 saturated heterocycles. The minimum Gasteiger partial charge on any atom is -0.352 e. The van der Waals surface area contributed by atoms with E-state index in [-0.39, 0.29) is 11.8 Å². The fourth-order valence-electron chi connectivity index (χ4n) is 5.39. The van der Waals surface area contributed by atoms with Gasteiger partial charge in [-0.2, -0.15) is 4.98 Å². The molecular formula is C29H36BrN5O2. The van der Waals surface area contributed by atoms with E-state index in [0.29, 0.717) is 24.8 Å². The van der Waals surface area contributed by atoms with Crippen LogP contribution >= 0.6 is 15.9 Å². The number of carbonyl (C=O) groups is 1. The summed E-state index contributed by atoms with van der Waals surface area (Å²) in [5.41, 5.74) is 3.42. The number of nitrogens with one attached hydrogen (secondary N) is 1. The first-order chi connectivity index (χ1) is 18.0. The SMILES string of the molecule is CC1CCCN(Cc2ccc(CNC(=O)C3CCN(Cc4nc(-c5cccc(Br)c5)no4)CC3)cc2)C1. The smallest absolute Gasteiger partial charge is 0.241 e. The maximum atomic E-state index is 12.8. The van der Waals surface area contributed by atoms with Gasteiger partial charge in [0, 0.05) is 35.6 Å². The van der Waals surface area contributed by atoms with E-state index >= 15 is 0 Å². The summed E-state index contributed by atoms with van der Waals surface area (Å²) in [7, 11) is 0. The summed E-state index contributed by atoms with van der Waals surface area (Å²) < 4.78 is 6.46. The van der Waals surface area contributed by atoms with Crippen molar-refractivity contribution in [3.05, 3.63) is 70.0 Å². The van der Waals surface area contributed by atoms with E-state index in [1.165, 1.54) is 31.5 Å². The molecule has 0 bridgehead atoms. The first-order valence-electron chi connectivity index (χ1n) is 13.4. The zero-order valence-corrected chi connectivity index (χ0v) is 23.1. The van der Waals surface area contributed by atoms with Crippen molar-refractivity contribution < 1.29 is 9.32 Å². The zero-order chi connectivity index (χ0) is 25.6. The summed E-state index contributed by atoms with van der Waals surface area (Å²) in [6.45, 7) is 8.63. The Balaban J connectivity index is 1.04. The normalized spacial score (nSPS) is 19.7. The van der Waals surface area contributed by atoms with Crippen LogP contribution in [0, 0.1) is 11.8 Å². The van der Waals surface area contributed by atoms with Gasteiger partial charge in [0.05, 0.1) is 6.54 Å². The quantitative estimate of drug-likeness (QED) is 0.401. The van der Waals surface area contributed by atoms with Crippen molar-refractivity contribution in [1.29, 1.82) is 0 Å². The Kier molecular flexibility index (Phi) is 8.69. The molecule has 8 heteroatoms. The maximum Gasteiger partial charge on any atom is 0.241 e. The van der Waals surface area contributed by atoms with E-state index in [1.54, 1.807) is 0 Å². The van der Waals surface area contributed by atoms with E-state index in [9.17, 15) is 4.79 Å². The predicted octanol–water partition coefficient (Wildman–Crippen LogP) is 5.26. The summed E-state index contributed by atoms with van der Waals surface area (Å²) in [5, 5.41) is 7.28. The van der Waals surface area contributed by atoms with Gasteiger partial charge >= 0.3 is 0 Å². The molecule has 3 heterocycles. The van der Waals surface area contributed by atoms with Crippen LogP contribution in [0.5, 0.6) is 0 Å². The first-order valence-corrected chi connectivity index (χ1v) is 14.2. The van der Waals surface area contributed by atoms with Crippen molar-refractivity contribution in [1.82, 2.24) is 25.3 Å². The summed E-state index contributed by atoms with van der Waals surface area (Å²) in [5.74, 6) is 2.21. The molecule has 2 aliphatic heterocycles. The van der Waals surface area contributed by atoms with Crippen LogP contribution in [0.2, 0.25) is 0 Å². The number of piperidine rings is 2. The first kappa shape index (κ1) is 26.1. The van der Waals surface area contributed by atoms with Crippen LogP contribution in [0.25, 0.3) is 11.4 Å². The molecule has 2 fully saturated rings. The number of hydrogen-bond donors (Lipinski definition) is 1. The van der Waals surface area contributed by atoms with Gasteiger partial charge in [0.1, 0.15) is 0 Å². The van der Waals surface area contributed by atoms with Crippen LogP contribution in [0.1, 0.15) is 49.6 Å². The van der Waals surface area contributed by atoms with Crippen LogP contribution < -0.4 is 5.32 Å². The van der Waals surface area contributed by atoms with Crippen LogP contribution in [-0.2, 0) is 24.4 Å². The molecule has 3 aromatic rings. The molecular weight excluding hydrogens is 530 g/mol. The lowest BCUT2D eigenvalue weighted by Crippen LogP contribution is -2.40. The highest BCUT2D eigenvalue weighted by Gasteiger charge is 2.26. The molecule has 2 aliphatic rings. The Labute approximate surface area is 227 Å². The summed E-state index contributed by atoms with van der Waals surface area (Å²) in [6.07, 6.45) is 4.33. The number of rotatable bonds is 8. The van der Waals surface area contributed by atoms with Gasteiger partial charge in [0.15, 0.2) is 0 Å². The predicted molar refractivity (Wildman–Crippen MR) is 147 cm³/mol. The van der Waals surface area contributed by atoms with E-state index < -0.39 is 0 Å². The Bertz CT molecular complexity index is 1170. The molecule has 5 rings (SSSR count). The highest BCUT2D eigenvalue weighted by Crippen LogP contribution is 2.23. The summed E-state index contributed by atoms with van der Waals surface area (Å²) in [6, 6.07) is 16.6. The van der Waals surface area contributed by atoms with Crippen LogP contribution in [0.4, 0.5) is 0 Å². The third kappa shape index (κ3) is 7.27. The lowest BCUT2D eigenvalue weighted by Gasteiger charge is -2.30. The van der Waals surface area contributed by atoms with Crippen molar-refractivity contribution in [2.24, 2.45) is 11.8 Å². The monoisotopic (exact) mass is 565 g/mol. The second-order valence-corrected chi connectivity index (χ2v) is 11.5. The molecule has 2 aromatic carbocycles. The van der Waals surface area contributed by atoms with Crippen LogP contribution in [-0.4, -0.2) is 52.0 Å². The van der Waals surface area contributed by atoms with E-state index in [4.69, 9.17) is 4.52 Å². The zero-order valence-electron chi connectivity index (χ0n) is 21.5. The standard InChI is InChI=1S/C29H36BrN5O2/c1-21-4-3-13-35(18-21)19-23-9-7-22(8-10-23)17-31-29(36)24-11-14-34(15-12-24)20-27-32-28(33-37-27)25-5-2-6-26(30)16-25/h2,5-10,16,21,24H,3-4,11-15,17-20H2,1H3,(H,31,36).